The lowest BCUT2D eigenvalue weighted by Crippen LogP contribution is -2.25. The Bertz CT molecular complexity index is 1130. The van der Waals surface area contributed by atoms with E-state index in [1.54, 1.807) is 24.3 Å². The largest absolute Gasteiger partial charge is 0.351 e. The van der Waals surface area contributed by atoms with Crippen molar-refractivity contribution in [1.82, 2.24) is 4.98 Å². The number of aromatic nitrogens is 1. The van der Waals surface area contributed by atoms with Gasteiger partial charge in [-0.15, -0.1) is 0 Å². The van der Waals surface area contributed by atoms with Gasteiger partial charge in [-0.2, -0.15) is 0 Å². The Balaban J connectivity index is 1.54. The number of nitrogens with zero attached hydrogens (tertiary/aromatic N) is 1. The topological polar surface area (TPSA) is 82.3 Å². The van der Waals surface area contributed by atoms with Crippen molar-refractivity contribution in [3.63, 3.8) is 0 Å². The maximum absolute atomic E-state index is 12.6. The highest BCUT2D eigenvalue weighted by molar-refractivity contribution is 7.93. The second-order valence-electron chi connectivity index (χ2n) is 6.97. The minimum Gasteiger partial charge on any atom is -0.351 e. The number of hydrogen-bond acceptors (Lipinski definition) is 3. The molecule has 0 unspecified atom stereocenters. The van der Waals surface area contributed by atoms with Crippen LogP contribution in [0.5, 0.6) is 0 Å². The van der Waals surface area contributed by atoms with E-state index in [0.717, 1.165) is 22.0 Å². The Kier molecular flexibility index (Phi) is 4.19. The Morgan fingerprint density at radius 1 is 1.11 bits per heavy atom. The zero-order valence-corrected chi connectivity index (χ0v) is 16.1. The number of carbonyl (C=O) groups excluding carboxylic acids is 1. The summed E-state index contributed by atoms with van der Waals surface area (Å²) in [5, 5.41) is 3.88. The third-order valence-corrected chi connectivity index (χ3v) is 6.72. The smallest absolute Gasteiger partial charge is 0.272 e. The quantitative estimate of drug-likeness (QED) is 0.725. The zero-order chi connectivity index (χ0) is 19.2. The van der Waals surface area contributed by atoms with Crippen LogP contribution in [0.4, 0.5) is 11.4 Å². The number of nitrogens with one attached hydrogen (secondary N) is 2. The van der Waals surface area contributed by atoms with Crippen molar-refractivity contribution in [2.75, 3.05) is 21.9 Å². The first-order valence-corrected chi connectivity index (χ1v) is 10.5. The number of hydrogen-bond donors (Lipinski definition) is 2. The summed E-state index contributed by atoms with van der Waals surface area (Å²) >= 11 is 0. The number of carbonyl (C=O) groups is 1. The van der Waals surface area contributed by atoms with Crippen molar-refractivity contribution >= 4 is 38.2 Å². The maximum Gasteiger partial charge on any atom is 0.272 e. The molecule has 1 fully saturated rings. The molecule has 27 heavy (non-hydrogen) atoms. The van der Waals surface area contributed by atoms with Gasteiger partial charge < -0.3 is 10.3 Å². The van der Waals surface area contributed by atoms with E-state index < -0.39 is 10.0 Å². The summed E-state index contributed by atoms with van der Waals surface area (Å²) < 4.78 is 25.4. The van der Waals surface area contributed by atoms with Gasteiger partial charge in [0.15, 0.2) is 0 Å². The Morgan fingerprint density at radius 3 is 2.52 bits per heavy atom. The van der Waals surface area contributed by atoms with Crippen LogP contribution in [-0.2, 0) is 10.0 Å². The number of anilines is 2. The molecule has 7 heteroatoms. The number of sulfonamides is 1. The van der Waals surface area contributed by atoms with E-state index in [9.17, 15) is 13.2 Å². The lowest BCUT2D eigenvalue weighted by atomic mass is 10.1. The molecule has 6 nitrogen and oxygen atoms in total. The lowest BCUT2D eigenvalue weighted by Gasteiger charge is -2.17. The molecule has 4 rings (SSSR count). The molecule has 1 aromatic heterocycles. The van der Waals surface area contributed by atoms with Gasteiger partial charge in [-0.05, 0) is 67.8 Å². The van der Waals surface area contributed by atoms with Crippen molar-refractivity contribution in [1.29, 1.82) is 0 Å². The molecule has 0 aliphatic carbocycles. The molecule has 2 aromatic carbocycles. The molecule has 0 atom stereocenters. The van der Waals surface area contributed by atoms with Gasteiger partial charge in [0.1, 0.15) is 5.69 Å². The number of H-pyrrole nitrogens is 1. The van der Waals surface area contributed by atoms with Crippen LogP contribution < -0.4 is 9.62 Å². The lowest BCUT2D eigenvalue weighted by molar-refractivity contribution is 0.102. The Hall–Kier alpha value is -2.80. The fraction of sp³-hybridized carbons (Fsp3) is 0.250. The molecular formula is C20H21N3O3S. The fourth-order valence-corrected chi connectivity index (χ4v) is 5.13. The highest BCUT2D eigenvalue weighted by Crippen LogP contribution is 2.26. The molecule has 0 bridgehead atoms. The van der Waals surface area contributed by atoms with Crippen LogP contribution in [0, 0.1) is 13.8 Å². The number of amides is 1. The van der Waals surface area contributed by atoms with Gasteiger partial charge in [0.25, 0.3) is 5.91 Å². The maximum atomic E-state index is 12.6. The van der Waals surface area contributed by atoms with Crippen molar-refractivity contribution in [2.24, 2.45) is 0 Å². The number of aromatic amines is 1. The standard InChI is InChI=1S/C20H21N3O3S/c1-13-10-14(2)17-12-19(22-18(17)11-13)20(24)21-15-4-6-16(7-5-15)23-8-3-9-27(23,25)26/h4-7,10-12,22H,3,8-9H2,1-2H3,(H,21,24). The molecule has 0 radical (unpaired) electrons. The first-order chi connectivity index (χ1) is 12.8. The van der Waals surface area contributed by atoms with E-state index in [1.807, 2.05) is 26.0 Å². The minimum absolute atomic E-state index is 0.185. The fourth-order valence-electron chi connectivity index (χ4n) is 3.56. The van der Waals surface area contributed by atoms with Crippen LogP contribution in [-0.4, -0.2) is 31.6 Å². The summed E-state index contributed by atoms with van der Waals surface area (Å²) in [6, 6.07) is 12.8. The Labute approximate surface area is 158 Å². The van der Waals surface area contributed by atoms with Gasteiger partial charge in [-0.3, -0.25) is 9.10 Å². The number of aryl methyl sites for hydroxylation is 2. The van der Waals surface area contributed by atoms with Crippen LogP contribution in [0.15, 0.2) is 42.5 Å². The molecule has 1 aliphatic heterocycles. The van der Waals surface area contributed by atoms with E-state index in [2.05, 4.69) is 16.4 Å². The second-order valence-corrected chi connectivity index (χ2v) is 8.98. The van der Waals surface area contributed by atoms with Crippen molar-refractivity contribution in [3.05, 3.63) is 59.3 Å². The number of fused-ring (bicyclic) bond motifs is 1. The summed E-state index contributed by atoms with van der Waals surface area (Å²) in [5.74, 6) is -0.0464. The molecule has 1 aliphatic rings. The third kappa shape index (κ3) is 3.30. The molecule has 0 spiro atoms. The molecule has 1 saturated heterocycles. The minimum atomic E-state index is -3.20. The van der Waals surface area contributed by atoms with Gasteiger partial charge >= 0.3 is 0 Å². The summed E-state index contributed by atoms with van der Waals surface area (Å²) in [4.78, 5) is 15.7. The predicted molar refractivity (Wildman–Crippen MR) is 108 cm³/mol. The van der Waals surface area contributed by atoms with Crippen molar-refractivity contribution in [2.45, 2.75) is 20.3 Å². The van der Waals surface area contributed by atoms with Gasteiger partial charge in [-0.1, -0.05) is 6.07 Å². The van der Waals surface area contributed by atoms with Gasteiger partial charge in [0.05, 0.1) is 11.4 Å². The van der Waals surface area contributed by atoms with E-state index in [-0.39, 0.29) is 11.7 Å². The predicted octanol–water partition coefficient (Wildman–Crippen LogP) is 3.58. The molecule has 1 amide bonds. The second kappa shape index (κ2) is 6.42. The first kappa shape index (κ1) is 17.6. The van der Waals surface area contributed by atoms with Crippen LogP contribution in [0.1, 0.15) is 28.0 Å². The number of rotatable bonds is 3. The van der Waals surface area contributed by atoms with Crippen LogP contribution in [0.3, 0.4) is 0 Å². The van der Waals surface area contributed by atoms with Crippen molar-refractivity contribution in [3.8, 4) is 0 Å². The molecule has 2 heterocycles. The summed E-state index contributed by atoms with van der Waals surface area (Å²) in [7, 11) is -3.20. The van der Waals surface area contributed by atoms with Crippen LogP contribution >= 0.6 is 0 Å². The van der Waals surface area contributed by atoms with Gasteiger partial charge in [-0.25, -0.2) is 8.42 Å². The highest BCUT2D eigenvalue weighted by Gasteiger charge is 2.28. The zero-order valence-electron chi connectivity index (χ0n) is 15.2. The van der Waals surface area contributed by atoms with Crippen LogP contribution in [0.25, 0.3) is 10.9 Å². The third-order valence-electron chi connectivity index (χ3n) is 4.85. The monoisotopic (exact) mass is 383 g/mol. The molecular weight excluding hydrogens is 362 g/mol. The van der Waals surface area contributed by atoms with Gasteiger partial charge in [0, 0.05) is 23.1 Å². The molecule has 2 N–H and O–H groups in total. The van der Waals surface area contributed by atoms with Crippen LogP contribution in [0.2, 0.25) is 0 Å². The Morgan fingerprint density at radius 2 is 1.85 bits per heavy atom. The molecule has 0 saturated carbocycles. The average Bonchev–Trinajstić information content (AvgIpc) is 3.18. The summed E-state index contributed by atoms with van der Waals surface area (Å²) in [5.41, 5.74) is 4.93. The van der Waals surface area contributed by atoms with E-state index in [1.165, 1.54) is 4.31 Å². The summed E-state index contributed by atoms with van der Waals surface area (Å²) in [6.45, 7) is 4.55. The molecule has 3 aromatic rings. The highest BCUT2D eigenvalue weighted by atomic mass is 32.2. The first-order valence-electron chi connectivity index (χ1n) is 8.85. The normalized spacial score (nSPS) is 16.0. The molecule has 140 valence electrons. The van der Waals surface area contributed by atoms with Gasteiger partial charge in [0.2, 0.25) is 10.0 Å². The summed E-state index contributed by atoms with van der Waals surface area (Å²) in [6.07, 6.45) is 0.639. The average molecular weight is 383 g/mol. The van der Waals surface area contributed by atoms with E-state index >= 15 is 0 Å². The van der Waals surface area contributed by atoms with E-state index in [0.29, 0.717) is 30.0 Å². The number of benzene rings is 2. The van der Waals surface area contributed by atoms with Crippen molar-refractivity contribution < 1.29 is 13.2 Å². The van der Waals surface area contributed by atoms with E-state index in [4.69, 9.17) is 0 Å². The SMILES string of the molecule is Cc1cc(C)c2cc(C(=O)Nc3ccc(N4CCCS4(=O)=O)cc3)[nH]c2c1.